The van der Waals surface area contributed by atoms with Crippen molar-refractivity contribution in [3.8, 4) is 0 Å². The van der Waals surface area contributed by atoms with E-state index in [9.17, 15) is 4.79 Å². The van der Waals surface area contributed by atoms with Crippen molar-refractivity contribution >= 4 is 5.78 Å². The number of ketones is 1. The van der Waals surface area contributed by atoms with E-state index in [1.807, 2.05) is 14.1 Å². The van der Waals surface area contributed by atoms with Crippen molar-refractivity contribution in [3.05, 3.63) is 24.0 Å². The zero-order valence-corrected chi connectivity index (χ0v) is 10.3. The minimum atomic E-state index is -0.784. The number of aryl methyl sites for hydroxylation is 1. The van der Waals surface area contributed by atoms with Crippen LogP contribution in [0.4, 0.5) is 0 Å². The minimum absolute atomic E-state index is 0.0650. The molecular formula is C11H17N3O2. The molecule has 0 amide bonds. The van der Waals surface area contributed by atoms with Crippen LogP contribution in [-0.2, 0) is 10.2 Å². The van der Waals surface area contributed by atoms with Gasteiger partial charge in [0.2, 0.25) is 5.89 Å². The number of rotatable bonds is 4. The first-order chi connectivity index (χ1) is 7.34. The first-order valence-electron chi connectivity index (χ1n) is 5.04. The van der Waals surface area contributed by atoms with Crippen LogP contribution in [0, 0.1) is 6.92 Å². The zero-order valence-electron chi connectivity index (χ0n) is 10.3. The Kier molecular flexibility index (Phi) is 3.47. The van der Waals surface area contributed by atoms with Gasteiger partial charge in [0.15, 0.2) is 11.6 Å². The van der Waals surface area contributed by atoms with Crippen LogP contribution in [0.15, 0.2) is 16.8 Å². The highest BCUT2D eigenvalue weighted by molar-refractivity contribution is 5.97. The van der Waals surface area contributed by atoms with E-state index in [0.29, 0.717) is 11.7 Å². The van der Waals surface area contributed by atoms with Crippen molar-refractivity contribution < 1.29 is 9.32 Å². The molecule has 0 saturated heterocycles. The molecule has 0 unspecified atom stereocenters. The van der Waals surface area contributed by atoms with Gasteiger partial charge in [0.1, 0.15) is 5.41 Å². The van der Waals surface area contributed by atoms with Crippen LogP contribution in [-0.4, -0.2) is 34.9 Å². The molecule has 0 spiro atoms. The van der Waals surface area contributed by atoms with Gasteiger partial charge in [-0.25, -0.2) is 0 Å². The summed E-state index contributed by atoms with van der Waals surface area (Å²) in [5, 5.41) is 3.69. The first kappa shape index (κ1) is 12.4. The second-order valence-electron chi connectivity index (χ2n) is 4.42. The fourth-order valence-electron chi connectivity index (χ4n) is 1.08. The Morgan fingerprint density at radius 3 is 2.50 bits per heavy atom. The number of aromatic nitrogens is 2. The van der Waals surface area contributed by atoms with E-state index in [4.69, 9.17) is 4.52 Å². The molecule has 0 saturated carbocycles. The third-order valence-electron chi connectivity index (χ3n) is 2.20. The monoisotopic (exact) mass is 223 g/mol. The molecule has 16 heavy (non-hydrogen) atoms. The van der Waals surface area contributed by atoms with E-state index in [2.05, 4.69) is 10.1 Å². The van der Waals surface area contributed by atoms with Gasteiger partial charge in [0.05, 0.1) is 0 Å². The van der Waals surface area contributed by atoms with Crippen LogP contribution < -0.4 is 0 Å². The predicted octanol–water partition coefficient (Wildman–Crippen LogP) is 1.30. The van der Waals surface area contributed by atoms with Crippen LogP contribution in [0.3, 0.4) is 0 Å². The highest BCUT2D eigenvalue weighted by Gasteiger charge is 2.33. The molecule has 0 N–H and O–H groups in total. The van der Waals surface area contributed by atoms with Crippen molar-refractivity contribution in [2.24, 2.45) is 0 Å². The lowest BCUT2D eigenvalue weighted by atomic mass is 9.88. The van der Waals surface area contributed by atoms with Crippen LogP contribution in [0.2, 0.25) is 0 Å². The Balaban J connectivity index is 2.89. The van der Waals surface area contributed by atoms with Gasteiger partial charge in [-0.15, -0.1) is 0 Å². The second kappa shape index (κ2) is 4.47. The molecule has 1 rings (SSSR count). The summed E-state index contributed by atoms with van der Waals surface area (Å²) in [5.41, 5.74) is -0.784. The molecule has 0 bridgehead atoms. The third-order valence-corrected chi connectivity index (χ3v) is 2.20. The molecule has 0 aliphatic heterocycles. The van der Waals surface area contributed by atoms with Gasteiger partial charge in [-0.2, -0.15) is 4.98 Å². The maximum absolute atomic E-state index is 11.9. The molecule has 1 aromatic rings. The zero-order chi connectivity index (χ0) is 12.3. The first-order valence-corrected chi connectivity index (χ1v) is 5.04. The summed E-state index contributed by atoms with van der Waals surface area (Å²) < 4.78 is 5.03. The van der Waals surface area contributed by atoms with Crippen LogP contribution >= 0.6 is 0 Å². The van der Waals surface area contributed by atoms with Crippen molar-refractivity contribution in [2.45, 2.75) is 26.2 Å². The summed E-state index contributed by atoms with van der Waals surface area (Å²) in [6, 6.07) is 0. The van der Waals surface area contributed by atoms with Crippen molar-refractivity contribution in [1.29, 1.82) is 0 Å². The van der Waals surface area contributed by atoms with E-state index >= 15 is 0 Å². The summed E-state index contributed by atoms with van der Waals surface area (Å²) in [6.45, 7) is 5.26. The quantitative estimate of drug-likeness (QED) is 0.720. The lowest BCUT2D eigenvalue weighted by molar-refractivity contribution is -0.119. The molecule has 0 aromatic carbocycles. The van der Waals surface area contributed by atoms with Crippen LogP contribution in [0.25, 0.3) is 0 Å². The van der Waals surface area contributed by atoms with E-state index in [-0.39, 0.29) is 5.78 Å². The average molecular weight is 223 g/mol. The Morgan fingerprint density at radius 1 is 1.44 bits per heavy atom. The average Bonchev–Trinajstić information content (AvgIpc) is 2.61. The maximum atomic E-state index is 11.9. The van der Waals surface area contributed by atoms with Gasteiger partial charge in [0.25, 0.3) is 0 Å². The number of carbonyl (C=O) groups is 1. The normalized spacial score (nSPS) is 12.1. The Hall–Kier alpha value is -1.65. The molecule has 0 aliphatic carbocycles. The fraction of sp³-hybridized carbons (Fsp3) is 0.545. The van der Waals surface area contributed by atoms with E-state index in [0.717, 1.165) is 0 Å². The Morgan fingerprint density at radius 2 is 2.06 bits per heavy atom. The summed E-state index contributed by atoms with van der Waals surface area (Å²) in [7, 11) is 3.71. The molecule has 0 aliphatic rings. The summed E-state index contributed by atoms with van der Waals surface area (Å²) in [4.78, 5) is 17.8. The lowest BCUT2D eigenvalue weighted by Crippen LogP contribution is -2.28. The Bertz CT molecular complexity index is 405. The molecule has 88 valence electrons. The lowest BCUT2D eigenvalue weighted by Gasteiger charge is -2.16. The van der Waals surface area contributed by atoms with Crippen LogP contribution in [0.5, 0.6) is 0 Å². The molecule has 1 heterocycles. The standard InChI is InChI=1S/C11H17N3O2/c1-8-12-10(16-13-8)11(2,3)9(15)6-7-14(4)5/h6-7H,1-5H3. The van der Waals surface area contributed by atoms with E-state index in [1.165, 1.54) is 6.08 Å². The molecule has 5 heteroatoms. The van der Waals surface area contributed by atoms with Crippen LogP contribution in [0.1, 0.15) is 25.6 Å². The van der Waals surface area contributed by atoms with Gasteiger partial charge in [-0.3, -0.25) is 4.79 Å². The van der Waals surface area contributed by atoms with Crippen molar-refractivity contribution in [2.75, 3.05) is 14.1 Å². The SMILES string of the molecule is Cc1noc(C(C)(C)C(=O)C=CN(C)C)n1. The highest BCUT2D eigenvalue weighted by atomic mass is 16.5. The van der Waals surface area contributed by atoms with Gasteiger partial charge in [-0.05, 0) is 26.8 Å². The maximum Gasteiger partial charge on any atom is 0.240 e. The van der Waals surface area contributed by atoms with Crippen molar-refractivity contribution in [3.63, 3.8) is 0 Å². The summed E-state index contributed by atoms with van der Waals surface area (Å²) in [5.74, 6) is 0.815. The second-order valence-corrected chi connectivity index (χ2v) is 4.42. The third kappa shape index (κ3) is 2.68. The number of carbonyl (C=O) groups excluding carboxylic acids is 1. The van der Waals surface area contributed by atoms with E-state index < -0.39 is 5.41 Å². The molecule has 0 atom stereocenters. The smallest absolute Gasteiger partial charge is 0.240 e. The summed E-state index contributed by atoms with van der Waals surface area (Å²) in [6.07, 6.45) is 3.22. The molecule has 0 fully saturated rings. The van der Waals surface area contributed by atoms with Crippen molar-refractivity contribution in [1.82, 2.24) is 15.0 Å². The molecular weight excluding hydrogens is 206 g/mol. The predicted molar refractivity (Wildman–Crippen MR) is 59.9 cm³/mol. The van der Waals surface area contributed by atoms with Gasteiger partial charge >= 0.3 is 0 Å². The molecule has 0 radical (unpaired) electrons. The Labute approximate surface area is 95.1 Å². The number of hydrogen-bond donors (Lipinski definition) is 0. The number of nitrogens with zero attached hydrogens (tertiary/aromatic N) is 3. The topological polar surface area (TPSA) is 59.2 Å². The molecule has 1 aromatic heterocycles. The fourth-order valence-corrected chi connectivity index (χ4v) is 1.08. The number of hydrogen-bond acceptors (Lipinski definition) is 5. The van der Waals surface area contributed by atoms with Gasteiger partial charge < -0.3 is 9.42 Å². The van der Waals surface area contributed by atoms with Gasteiger partial charge in [-0.1, -0.05) is 5.16 Å². The molecule has 5 nitrogen and oxygen atoms in total. The highest BCUT2D eigenvalue weighted by Crippen LogP contribution is 2.22. The minimum Gasteiger partial charge on any atom is -0.383 e. The van der Waals surface area contributed by atoms with E-state index in [1.54, 1.807) is 31.9 Å². The summed E-state index contributed by atoms with van der Waals surface area (Å²) >= 11 is 0. The number of allylic oxidation sites excluding steroid dienone is 1. The van der Waals surface area contributed by atoms with Gasteiger partial charge in [0, 0.05) is 20.3 Å². The largest absolute Gasteiger partial charge is 0.383 e.